The van der Waals surface area contributed by atoms with Gasteiger partial charge in [0.05, 0.1) is 5.69 Å². The molecule has 0 spiro atoms. The molecule has 0 aliphatic rings. The molecule has 3 nitrogen and oxygen atoms in total. The lowest BCUT2D eigenvalue weighted by Gasteiger charge is -2.29. The molecule has 2 aromatic heterocycles. The summed E-state index contributed by atoms with van der Waals surface area (Å²) in [6.07, 6.45) is 0. The van der Waals surface area contributed by atoms with Crippen LogP contribution in [0.2, 0.25) is 0 Å². The van der Waals surface area contributed by atoms with Crippen molar-refractivity contribution in [2.24, 2.45) is 0 Å². The fraction of sp³-hybridized carbons (Fsp3) is 0.0169. The number of furan rings is 2. The van der Waals surface area contributed by atoms with Crippen LogP contribution in [0, 0.1) is 0 Å². The third kappa shape index (κ3) is 6.05. The number of rotatable bonds is 8. The van der Waals surface area contributed by atoms with Crippen molar-refractivity contribution in [3.05, 3.63) is 247 Å². The summed E-state index contributed by atoms with van der Waals surface area (Å²) in [6.45, 7) is 0. The van der Waals surface area contributed by atoms with Crippen molar-refractivity contribution in [2.45, 2.75) is 5.92 Å². The summed E-state index contributed by atoms with van der Waals surface area (Å²) < 4.78 is 13.0. The Labute approximate surface area is 359 Å². The average Bonchev–Trinajstić information content (AvgIpc) is 3.90. The number of hydrogen-bond donors (Lipinski definition) is 0. The smallest absolute Gasteiger partial charge is 0.137 e. The van der Waals surface area contributed by atoms with Crippen LogP contribution < -0.4 is 4.90 Å². The minimum absolute atomic E-state index is 0.110. The molecule has 0 bridgehead atoms. The van der Waals surface area contributed by atoms with Gasteiger partial charge in [0, 0.05) is 50.5 Å². The minimum Gasteiger partial charge on any atom is -0.456 e. The fourth-order valence-corrected chi connectivity index (χ4v) is 9.56. The normalized spacial score (nSPS) is 12.1. The van der Waals surface area contributed by atoms with Crippen molar-refractivity contribution < 1.29 is 8.83 Å². The van der Waals surface area contributed by atoms with Gasteiger partial charge in [-0.1, -0.05) is 164 Å². The molecule has 0 fully saturated rings. The van der Waals surface area contributed by atoms with E-state index in [4.69, 9.17) is 8.83 Å². The van der Waals surface area contributed by atoms with Crippen LogP contribution in [-0.2, 0) is 0 Å². The first-order valence-corrected chi connectivity index (χ1v) is 21.2. The Bertz CT molecular complexity index is 3570. The molecule has 12 rings (SSSR count). The number of para-hydroxylation sites is 3. The standard InChI is InChI=1S/C59H39NO2/c1-5-17-39(18-6-1)50-35-42-30-34-53(60(44-23-11-4-12-24-44)45-31-33-49-47-26-14-16-28-55(47)62-57(49)37-45)59(41-21-9-3-10-22-41)51(42)38-52(50)58(40-19-7-2-8-20-40)43-29-32-48-46-25-13-15-27-54(46)61-56(48)36-43/h1-38,58H. The van der Waals surface area contributed by atoms with E-state index >= 15 is 0 Å². The zero-order valence-corrected chi connectivity index (χ0v) is 33.8. The van der Waals surface area contributed by atoms with Crippen molar-refractivity contribution in [1.29, 1.82) is 0 Å². The van der Waals surface area contributed by atoms with Gasteiger partial charge in [0.2, 0.25) is 0 Å². The lowest BCUT2D eigenvalue weighted by molar-refractivity contribution is 0.668. The van der Waals surface area contributed by atoms with E-state index in [0.29, 0.717) is 0 Å². The van der Waals surface area contributed by atoms with Gasteiger partial charge in [-0.25, -0.2) is 0 Å². The van der Waals surface area contributed by atoms with Gasteiger partial charge in [-0.15, -0.1) is 0 Å². The Morgan fingerprint density at radius 1 is 0.339 bits per heavy atom. The van der Waals surface area contributed by atoms with Gasteiger partial charge in [-0.2, -0.15) is 0 Å². The molecule has 62 heavy (non-hydrogen) atoms. The molecule has 1 atom stereocenters. The second-order valence-corrected chi connectivity index (χ2v) is 16.0. The second kappa shape index (κ2) is 14.8. The molecular formula is C59H39NO2. The van der Waals surface area contributed by atoms with E-state index in [1.807, 2.05) is 18.2 Å². The largest absolute Gasteiger partial charge is 0.456 e. The number of anilines is 3. The summed E-state index contributed by atoms with van der Waals surface area (Å²) >= 11 is 0. The van der Waals surface area contributed by atoms with Gasteiger partial charge < -0.3 is 13.7 Å². The highest BCUT2D eigenvalue weighted by molar-refractivity contribution is 6.10. The van der Waals surface area contributed by atoms with E-state index in [0.717, 1.165) is 77.5 Å². The Morgan fingerprint density at radius 2 is 0.887 bits per heavy atom. The fourth-order valence-electron chi connectivity index (χ4n) is 9.56. The summed E-state index contributed by atoms with van der Waals surface area (Å²) in [5.41, 5.74) is 14.9. The molecule has 0 radical (unpaired) electrons. The maximum Gasteiger partial charge on any atom is 0.137 e. The van der Waals surface area contributed by atoms with Crippen molar-refractivity contribution in [2.75, 3.05) is 4.90 Å². The summed E-state index contributed by atoms with van der Waals surface area (Å²) in [5, 5.41) is 6.80. The first-order valence-electron chi connectivity index (χ1n) is 21.2. The monoisotopic (exact) mass is 793 g/mol. The van der Waals surface area contributed by atoms with Gasteiger partial charge >= 0.3 is 0 Å². The Morgan fingerprint density at radius 3 is 1.56 bits per heavy atom. The molecule has 0 saturated heterocycles. The molecule has 3 heteroatoms. The summed E-state index contributed by atoms with van der Waals surface area (Å²) in [5.74, 6) is -0.110. The van der Waals surface area contributed by atoms with E-state index in [9.17, 15) is 0 Å². The predicted molar refractivity (Wildman–Crippen MR) is 258 cm³/mol. The van der Waals surface area contributed by atoms with E-state index in [2.05, 4.69) is 217 Å². The van der Waals surface area contributed by atoms with Crippen LogP contribution in [0.15, 0.2) is 239 Å². The van der Waals surface area contributed by atoms with Crippen LogP contribution in [0.25, 0.3) is 76.9 Å². The lowest BCUT2D eigenvalue weighted by atomic mass is 9.79. The molecule has 0 saturated carbocycles. The predicted octanol–water partition coefficient (Wildman–Crippen LogP) is 16.6. The van der Waals surface area contributed by atoms with Gasteiger partial charge in [-0.3, -0.25) is 0 Å². The lowest BCUT2D eigenvalue weighted by Crippen LogP contribution is -2.11. The first-order chi connectivity index (χ1) is 30.7. The number of nitrogens with zero attached hydrogens (tertiary/aromatic N) is 1. The van der Waals surface area contributed by atoms with Gasteiger partial charge in [0.1, 0.15) is 22.3 Å². The minimum atomic E-state index is -0.110. The van der Waals surface area contributed by atoms with Gasteiger partial charge in [0.25, 0.3) is 0 Å². The first kappa shape index (κ1) is 35.8. The van der Waals surface area contributed by atoms with Crippen LogP contribution in [0.3, 0.4) is 0 Å². The number of benzene rings is 10. The number of hydrogen-bond acceptors (Lipinski definition) is 3. The van der Waals surface area contributed by atoms with Crippen LogP contribution in [-0.4, -0.2) is 0 Å². The summed E-state index contributed by atoms with van der Waals surface area (Å²) in [7, 11) is 0. The van der Waals surface area contributed by atoms with Crippen molar-refractivity contribution in [1.82, 2.24) is 0 Å². The molecule has 0 aliphatic carbocycles. The van der Waals surface area contributed by atoms with Gasteiger partial charge in [0.15, 0.2) is 0 Å². The van der Waals surface area contributed by atoms with Crippen molar-refractivity contribution >= 4 is 71.7 Å². The van der Waals surface area contributed by atoms with Crippen LogP contribution >= 0.6 is 0 Å². The zero-order valence-electron chi connectivity index (χ0n) is 33.8. The van der Waals surface area contributed by atoms with Crippen molar-refractivity contribution in [3.8, 4) is 22.3 Å². The Balaban J connectivity index is 1.15. The molecule has 292 valence electrons. The summed E-state index contributed by atoms with van der Waals surface area (Å²) in [6, 6.07) is 82.7. The van der Waals surface area contributed by atoms with E-state index in [1.54, 1.807) is 0 Å². The Hall–Kier alpha value is -8.14. The highest BCUT2D eigenvalue weighted by Gasteiger charge is 2.26. The maximum absolute atomic E-state index is 6.53. The van der Waals surface area contributed by atoms with E-state index in [1.165, 1.54) is 33.2 Å². The van der Waals surface area contributed by atoms with Gasteiger partial charge in [-0.05, 0) is 105 Å². The summed E-state index contributed by atoms with van der Waals surface area (Å²) in [4.78, 5) is 2.38. The van der Waals surface area contributed by atoms with Crippen LogP contribution in [0.5, 0.6) is 0 Å². The van der Waals surface area contributed by atoms with Crippen LogP contribution in [0.1, 0.15) is 22.6 Å². The third-order valence-corrected chi connectivity index (χ3v) is 12.4. The van der Waals surface area contributed by atoms with Crippen LogP contribution in [0.4, 0.5) is 17.1 Å². The highest BCUT2D eigenvalue weighted by atomic mass is 16.3. The quantitative estimate of drug-likeness (QED) is 0.144. The Kier molecular flexibility index (Phi) is 8.57. The molecular weight excluding hydrogens is 755 g/mol. The maximum atomic E-state index is 6.53. The highest BCUT2D eigenvalue weighted by Crippen LogP contribution is 2.49. The van der Waals surface area contributed by atoms with Crippen molar-refractivity contribution in [3.63, 3.8) is 0 Å². The third-order valence-electron chi connectivity index (χ3n) is 12.4. The molecule has 2 heterocycles. The second-order valence-electron chi connectivity index (χ2n) is 16.0. The zero-order chi connectivity index (χ0) is 41.0. The molecule has 0 aliphatic heterocycles. The molecule has 0 N–H and O–H groups in total. The van der Waals surface area contributed by atoms with E-state index < -0.39 is 0 Å². The molecule has 1 unspecified atom stereocenters. The molecule has 10 aromatic carbocycles. The van der Waals surface area contributed by atoms with E-state index in [-0.39, 0.29) is 5.92 Å². The molecule has 12 aromatic rings. The SMILES string of the molecule is c1ccc(-c2cc3ccc(N(c4ccccc4)c4ccc5c(c4)oc4ccccc45)c(-c4ccccc4)c3cc2C(c2ccccc2)c2ccc3c(c2)oc2ccccc23)cc1. The number of fused-ring (bicyclic) bond motifs is 7. The molecule has 0 amide bonds. The average molecular weight is 794 g/mol. The topological polar surface area (TPSA) is 29.5 Å².